The Labute approximate surface area is 132 Å². The molecule has 1 fully saturated rings. The van der Waals surface area contributed by atoms with Gasteiger partial charge in [0, 0.05) is 30.7 Å². The van der Waals surface area contributed by atoms with E-state index in [0.717, 1.165) is 30.2 Å². The molecule has 5 heteroatoms. The smallest absolute Gasteiger partial charge is 0.237 e. The van der Waals surface area contributed by atoms with Gasteiger partial charge in [-0.2, -0.15) is 0 Å². The monoisotopic (exact) mass is 309 g/mol. The average Bonchev–Trinajstić information content (AvgIpc) is 2.47. The number of likely N-dealkylation sites (N-methyl/N-ethyl adjacent to an activating group) is 1. The first-order chi connectivity index (χ1) is 10.0. The molecule has 1 aliphatic heterocycles. The van der Waals surface area contributed by atoms with Gasteiger partial charge in [0.25, 0.3) is 0 Å². The lowest BCUT2D eigenvalue weighted by Crippen LogP contribution is -2.51. The Bertz CT molecular complexity index is 492. The van der Waals surface area contributed by atoms with Gasteiger partial charge >= 0.3 is 0 Å². The predicted molar refractivity (Wildman–Crippen MR) is 86.5 cm³/mol. The summed E-state index contributed by atoms with van der Waals surface area (Å²) in [6.45, 7) is 6.94. The fourth-order valence-corrected chi connectivity index (χ4v) is 2.77. The maximum atomic E-state index is 12.6. The molecule has 1 N–H and O–H groups in total. The maximum Gasteiger partial charge on any atom is 0.237 e. The van der Waals surface area contributed by atoms with Crippen LogP contribution in [0.25, 0.3) is 0 Å². The number of hydrogen-bond acceptors (Lipinski definition) is 3. The van der Waals surface area contributed by atoms with Gasteiger partial charge in [-0.15, -0.1) is 0 Å². The molecule has 1 atom stereocenters. The minimum Gasteiger partial charge on any atom is -0.332 e. The minimum atomic E-state index is 0.0144. The van der Waals surface area contributed by atoms with Crippen LogP contribution in [0.3, 0.4) is 0 Å². The largest absolute Gasteiger partial charge is 0.332 e. The molecule has 4 nitrogen and oxygen atoms in total. The molecule has 0 spiro atoms. The van der Waals surface area contributed by atoms with Gasteiger partial charge in [0.05, 0.1) is 12.6 Å². The van der Waals surface area contributed by atoms with Crippen molar-refractivity contribution in [2.45, 2.75) is 25.9 Å². The van der Waals surface area contributed by atoms with Crippen molar-refractivity contribution < 1.29 is 4.79 Å². The standard InChI is InChI=1S/C16H24ClN3O/c1-12(2)19(3)11-16(21)20-9-8-18-10-15(20)13-6-4-5-7-14(13)17/h4-7,12,15,18H,8-11H2,1-3H3. The molecule has 21 heavy (non-hydrogen) atoms. The molecule has 0 aromatic heterocycles. The van der Waals surface area contributed by atoms with Crippen molar-refractivity contribution in [1.29, 1.82) is 0 Å². The summed E-state index contributed by atoms with van der Waals surface area (Å²) < 4.78 is 0. The van der Waals surface area contributed by atoms with Crippen LogP contribution in [0, 0.1) is 0 Å². The summed E-state index contributed by atoms with van der Waals surface area (Å²) in [5, 5.41) is 4.08. The third-order valence-electron chi connectivity index (χ3n) is 4.09. The van der Waals surface area contributed by atoms with Crippen LogP contribution in [0.2, 0.25) is 5.02 Å². The van der Waals surface area contributed by atoms with Crippen molar-refractivity contribution >= 4 is 17.5 Å². The number of carbonyl (C=O) groups excluding carboxylic acids is 1. The van der Waals surface area contributed by atoms with Gasteiger partial charge < -0.3 is 10.2 Å². The van der Waals surface area contributed by atoms with Crippen molar-refractivity contribution in [3.05, 3.63) is 34.9 Å². The number of nitrogens with one attached hydrogen (secondary N) is 1. The molecule has 1 heterocycles. The summed E-state index contributed by atoms with van der Waals surface area (Å²) in [7, 11) is 1.98. The predicted octanol–water partition coefficient (Wildman–Crippen LogP) is 2.15. The number of amides is 1. The van der Waals surface area contributed by atoms with Gasteiger partial charge in [0.1, 0.15) is 0 Å². The second kappa shape index (κ2) is 7.25. The number of piperazine rings is 1. The van der Waals surface area contributed by atoms with E-state index in [0.29, 0.717) is 12.6 Å². The molecule has 1 unspecified atom stereocenters. The highest BCUT2D eigenvalue weighted by Gasteiger charge is 2.29. The lowest BCUT2D eigenvalue weighted by atomic mass is 10.0. The van der Waals surface area contributed by atoms with Crippen LogP contribution < -0.4 is 5.32 Å². The fourth-order valence-electron chi connectivity index (χ4n) is 2.51. The van der Waals surface area contributed by atoms with Crippen LogP contribution in [0.1, 0.15) is 25.5 Å². The van der Waals surface area contributed by atoms with E-state index in [1.807, 2.05) is 36.2 Å². The van der Waals surface area contributed by atoms with Crippen LogP contribution >= 0.6 is 11.6 Å². The van der Waals surface area contributed by atoms with E-state index >= 15 is 0 Å². The molecule has 116 valence electrons. The number of benzene rings is 1. The second-order valence-corrected chi connectivity index (χ2v) is 6.24. The summed E-state index contributed by atoms with van der Waals surface area (Å²) in [5.74, 6) is 0.164. The van der Waals surface area contributed by atoms with E-state index in [-0.39, 0.29) is 11.9 Å². The number of carbonyl (C=O) groups is 1. The van der Waals surface area contributed by atoms with E-state index in [4.69, 9.17) is 11.6 Å². The number of nitrogens with zero attached hydrogens (tertiary/aromatic N) is 2. The zero-order valence-corrected chi connectivity index (χ0v) is 13.7. The first-order valence-electron chi connectivity index (χ1n) is 7.45. The van der Waals surface area contributed by atoms with Crippen molar-refractivity contribution in [2.24, 2.45) is 0 Å². The van der Waals surface area contributed by atoms with Crippen LogP contribution in [-0.2, 0) is 4.79 Å². The highest BCUT2D eigenvalue weighted by atomic mass is 35.5. The Morgan fingerprint density at radius 2 is 2.19 bits per heavy atom. The van der Waals surface area contributed by atoms with E-state index in [2.05, 4.69) is 24.1 Å². The molecule has 1 aliphatic rings. The van der Waals surface area contributed by atoms with Crippen LogP contribution in [0.15, 0.2) is 24.3 Å². The molecule has 2 rings (SSSR count). The van der Waals surface area contributed by atoms with E-state index in [9.17, 15) is 4.79 Å². The third kappa shape index (κ3) is 3.96. The lowest BCUT2D eigenvalue weighted by Gasteiger charge is -2.38. The van der Waals surface area contributed by atoms with Crippen LogP contribution in [0.4, 0.5) is 0 Å². The van der Waals surface area contributed by atoms with Gasteiger partial charge in [-0.1, -0.05) is 29.8 Å². The molecule has 1 amide bonds. The summed E-state index contributed by atoms with van der Waals surface area (Å²) >= 11 is 6.31. The topological polar surface area (TPSA) is 35.6 Å². The maximum absolute atomic E-state index is 12.6. The van der Waals surface area contributed by atoms with E-state index in [1.165, 1.54) is 0 Å². The average molecular weight is 310 g/mol. The Morgan fingerprint density at radius 3 is 2.86 bits per heavy atom. The highest BCUT2D eigenvalue weighted by Crippen LogP contribution is 2.28. The minimum absolute atomic E-state index is 0.0144. The number of rotatable bonds is 4. The summed E-state index contributed by atoms with van der Waals surface area (Å²) in [5.41, 5.74) is 1.02. The Morgan fingerprint density at radius 1 is 1.48 bits per heavy atom. The molecule has 0 saturated carbocycles. The highest BCUT2D eigenvalue weighted by molar-refractivity contribution is 6.31. The van der Waals surface area contributed by atoms with Crippen molar-refractivity contribution in [3.63, 3.8) is 0 Å². The lowest BCUT2D eigenvalue weighted by molar-refractivity contribution is -0.135. The quantitative estimate of drug-likeness (QED) is 0.926. The van der Waals surface area contributed by atoms with Crippen LogP contribution in [-0.4, -0.2) is 55.0 Å². The van der Waals surface area contributed by atoms with Crippen molar-refractivity contribution in [1.82, 2.24) is 15.1 Å². The van der Waals surface area contributed by atoms with Gasteiger partial charge in [0.15, 0.2) is 0 Å². The molecular weight excluding hydrogens is 286 g/mol. The molecule has 0 radical (unpaired) electrons. The fraction of sp³-hybridized carbons (Fsp3) is 0.562. The van der Waals surface area contributed by atoms with Gasteiger partial charge in [-0.3, -0.25) is 9.69 Å². The number of halogens is 1. The van der Waals surface area contributed by atoms with E-state index < -0.39 is 0 Å². The van der Waals surface area contributed by atoms with Gasteiger partial charge in [0.2, 0.25) is 5.91 Å². The zero-order chi connectivity index (χ0) is 15.4. The summed E-state index contributed by atoms with van der Waals surface area (Å²) in [6.07, 6.45) is 0. The third-order valence-corrected chi connectivity index (χ3v) is 4.44. The normalized spacial score (nSPS) is 19.3. The molecule has 0 aliphatic carbocycles. The first-order valence-corrected chi connectivity index (χ1v) is 7.83. The number of hydrogen-bond donors (Lipinski definition) is 1. The van der Waals surface area contributed by atoms with Crippen molar-refractivity contribution in [3.8, 4) is 0 Å². The van der Waals surface area contributed by atoms with E-state index in [1.54, 1.807) is 0 Å². The molecule has 1 aromatic rings. The summed E-state index contributed by atoms with van der Waals surface area (Å²) in [4.78, 5) is 16.6. The molecule has 1 aromatic carbocycles. The summed E-state index contributed by atoms with van der Waals surface area (Å²) in [6, 6.07) is 8.15. The Hall–Kier alpha value is -1.10. The molecule has 1 saturated heterocycles. The van der Waals surface area contributed by atoms with Gasteiger partial charge in [-0.05, 0) is 32.5 Å². The van der Waals surface area contributed by atoms with Gasteiger partial charge in [-0.25, -0.2) is 0 Å². The zero-order valence-electron chi connectivity index (χ0n) is 13.0. The molecule has 0 bridgehead atoms. The SMILES string of the molecule is CC(C)N(C)CC(=O)N1CCNCC1c1ccccc1Cl. The first kappa shape index (κ1) is 16.3. The Balaban J connectivity index is 2.16. The second-order valence-electron chi connectivity index (χ2n) is 5.84. The Kier molecular flexibility index (Phi) is 5.62. The molecular formula is C16H24ClN3O. The van der Waals surface area contributed by atoms with Crippen molar-refractivity contribution in [2.75, 3.05) is 33.2 Å². The van der Waals surface area contributed by atoms with Crippen LogP contribution in [0.5, 0.6) is 0 Å².